The fourth-order valence-corrected chi connectivity index (χ4v) is 1.74. The summed E-state index contributed by atoms with van der Waals surface area (Å²) in [5.74, 6) is 0.159. The van der Waals surface area contributed by atoms with E-state index in [4.69, 9.17) is 9.47 Å². The molecule has 0 bridgehead atoms. The molecule has 0 fully saturated rings. The van der Waals surface area contributed by atoms with Crippen LogP contribution in [0.2, 0.25) is 0 Å². The first-order chi connectivity index (χ1) is 9.63. The summed E-state index contributed by atoms with van der Waals surface area (Å²) in [5, 5.41) is 0. The summed E-state index contributed by atoms with van der Waals surface area (Å²) < 4.78 is 19.7. The van der Waals surface area contributed by atoms with Gasteiger partial charge in [0, 0.05) is 5.57 Å². The van der Waals surface area contributed by atoms with Gasteiger partial charge in [-0.15, -0.1) is 0 Å². The molecule has 6 nitrogen and oxygen atoms in total. The van der Waals surface area contributed by atoms with Crippen molar-refractivity contribution in [3.05, 3.63) is 29.3 Å². The number of benzene rings is 1. The Morgan fingerprint density at radius 3 is 2.65 bits per heavy atom. The Balaban J connectivity index is 2.27. The van der Waals surface area contributed by atoms with Crippen molar-refractivity contribution < 1.29 is 28.5 Å². The summed E-state index contributed by atoms with van der Waals surface area (Å²) in [6.07, 6.45) is 1.41. The van der Waals surface area contributed by atoms with Gasteiger partial charge < -0.3 is 18.9 Å². The molecule has 0 aromatic heterocycles. The molecule has 20 heavy (non-hydrogen) atoms. The maximum absolute atomic E-state index is 11.6. The Labute approximate surface area is 115 Å². The summed E-state index contributed by atoms with van der Waals surface area (Å²) in [6.45, 7) is 0.175. The third kappa shape index (κ3) is 3.09. The first kappa shape index (κ1) is 13.9. The molecule has 1 aromatic carbocycles. The molecule has 0 saturated heterocycles. The maximum Gasteiger partial charge on any atom is 0.334 e. The Kier molecular flexibility index (Phi) is 4.24. The van der Waals surface area contributed by atoms with E-state index in [1.165, 1.54) is 14.2 Å². The molecule has 0 amide bonds. The first-order valence-corrected chi connectivity index (χ1v) is 5.89. The molecular formula is C14H14O6. The number of carbonyl (C=O) groups excluding carboxylic acids is 2. The minimum Gasteiger partial charge on any atom is -0.469 e. The van der Waals surface area contributed by atoms with Crippen molar-refractivity contribution in [2.45, 2.75) is 6.42 Å². The van der Waals surface area contributed by atoms with Crippen LogP contribution < -0.4 is 9.47 Å². The number of methoxy groups -OCH3 is 2. The molecule has 1 aliphatic heterocycles. The lowest BCUT2D eigenvalue weighted by molar-refractivity contribution is -0.143. The standard InChI is InChI=1S/C14H14O6/c1-17-13(15)7-10(14(16)18-2)5-9-3-4-11-12(6-9)20-8-19-11/h3-6H,7-8H2,1-2H3. The normalized spacial score (nSPS) is 13.0. The Morgan fingerprint density at radius 2 is 1.95 bits per heavy atom. The Bertz CT molecular complexity index is 561. The summed E-state index contributed by atoms with van der Waals surface area (Å²) in [6, 6.07) is 5.22. The topological polar surface area (TPSA) is 71.1 Å². The van der Waals surface area contributed by atoms with Gasteiger partial charge >= 0.3 is 11.9 Å². The van der Waals surface area contributed by atoms with E-state index in [2.05, 4.69) is 9.47 Å². The second kappa shape index (κ2) is 6.10. The van der Waals surface area contributed by atoms with Gasteiger partial charge in [0.05, 0.1) is 20.6 Å². The van der Waals surface area contributed by atoms with Gasteiger partial charge in [-0.2, -0.15) is 0 Å². The lowest BCUT2D eigenvalue weighted by atomic mass is 10.1. The molecule has 0 aliphatic carbocycles. The van der Waals surface area contributed by atoms with E-state index >= 15 is 0 Å². The third-order valence-electron chi connectivity index (χ3n) is 2.75. The van der Waals surface area contributed by atoms with Crippen LogP contribution in [0, 0.1) is 0 Å². The van der Waals surface area contributed by atoms with Gasteiger partial charge in [0.15, 0.2) is 11.5 Å². The molecule has 0 N–H and O–H groups in total. The second-order valence-electron chi connectivity index (χ2n) is 4.03. The van der Waals surface area contributed by atoms with E-state index in [-0.39, 0.29) is 18.8 Å². The molecule has 0 atom stereocenters. The second-order valence-corrected chi connectivity index (χ2v) is 4.03. The predicted octanol–water partition coefficient (Wildman–Crippen LogP) is 1.53. The zero-order valence-corrected chi connectivity index (χ0v) is 11.2. The van der Waals surface area contributed by atoms with Crippen LogP contribution in [0.5, 0.6) is 11.5 Å². The predicted molar refractivity (Wildman–Crippen MR) is 69.2 cm³/mol. The van der Waals surface area contributed by atoms with Crippen molar-refractivity contribution in [1.82, 2.24) is 0 Å². The average Bonchev–Trinajstić information content (AvgIpc) is 2.93. The monoisotopic (exact) mass is 278 g/mol. The smallest absolute Gasteiger partial charge is 0.334 e. The molecule has 106 valence electrons. The molecule has 0 unspecified atom stereocenters. The summed E-state index contributed by atoms with van der Waals surface area (Å²) in [5.41, 5.74) is 0.914. The first-order valence-electron chi connectivity index (χ1n) is 5.89. The Morgan fingerprint density at radius 1 is 1.20 bits per heavy atom. The van der Waals surface area contributed by atoms with Gasteiger partial charge in [0.25, 0.3) is 0 Å². The fraction of sp³-hybridized carbons (Fsp3) is 0.286. The highest BCUT2D eigenvalue weighted by Gasteiger charge is 2.17. The molecular weight excluding hydrogens is 264 g/mol. The number of hydrogen-bond acceptors (Lipinski definition) is 6. The van der Waals surface area contributed by atoms with Crippen LogP contribution in [0.3, 0.4) is 0 Å². The molecule has 1 heterocycles. The largest absolute Gasteiger partial charge is 0.469 e. The van der Waals surface area contributed by atoms with Gasteiger partial charge in [-0.05, 0) is 23.8 Å². The molecule has 2 rings (SSSR count). The summed E-state index contributed by atoms with van der Waals surface area (Å²) >= 11 is 0. The van der Waals surface area contributed by atoms with Crippen LogP contribution in [0.25, 0.3) is 6.08 Å². The van der Waals surface area contributed by atoms with Crippen LogP contribution in [0.15, 0.2) is 23.8 Å². The molecule has 6 heteroatoms. The van der Waals surface area contributed by atoms with Gasteiger partial charge in [0.2, 0.25) is 6.79 Å². The van der Waals surface area contributed by atoms with E-state index in [9.17, 15) is 9.59 Å². The highest BCUT2D eigenvalue weighted by molar-refractivity contribution is 5.98. The van der Waals surface area contributed by atoms with E-state index in [1.807, 2.05) is 0 Å². The molecule has 0 radical (unpaired) electrons. The SMILES string of the molecule is COC(=O)CC(=Cc1ccc2c(c1)OCO2)C(=O)OC. The number of hydrogen-bond donors (Lipinski definition) is 0. The van der Waals surface area contributed by atoms with Crippen molar-refractivity contribution in [3.8, 4) is 11.5 Å². The fourth-order valence-electron chi connectivity index (χ4n) is 1.74. The number of ether oxygens (including phenoxy) is 4. The Hall–Kier alpha value is -2.50. The average molecular weight is 278 g/mol. The maximum atomic E-state index is 11.6. The molecule has 0 spiro atoms. The third-order valence-corrected chi connectivity index (χ3v) is 2.75. The highest BCUT2D eigenvalue weighted by Crippen LogP contribution is 2.33. The van der Waals surface area contributed by atoms with E-state index in [0.717, 1.165) is 0 Å². The van der Waals surface area contributed by atoms with Crippen LogP contribution >= 0.6 is 0 Å². The van der Waals surface area contributed by atoms with Crippen molar-refractivity contribution in [1.29, 1.82) is 0 Å². The van der Waals surface area contributed by atoms with E-state index < -0.39 is 11.9 Å². The number of carbonyl (C=O) groups is 2. The zero-order valence-electron chi connectivity index (χ0n) is 11.2. The van der Waals surface area contributed by atoms with Crippen LogP contribution in [-0.2, 0) is 19.1 Å². The van der Waals surface area contributed by atoms with Crippen LogP contribution in [0.1, 0.15) is 12.0 Å². The van der Waals surface area contributed by atoms with Gasteiger partial charge in [0.1, 0.15) is 0 Å². The molecule has 1 aromatic rings. The number of rotatable bonds is 4. The van der Waals surface area contributed by atoms with Gasteiger partial charge in [-0.25, -0.2) is 4.79 Å². The van der Waals surface area contributed by atoms with Crippen molar-refractivity contribution in [2.75, 3.05) is 21.0 Å². The van der Waals surface area contributed by atoms with Crippen molar-refractivity contribution in [2.24, 2.45) is 0 Å². The van der Waals surface area contributed by atoms with Crippen molar-refractivity contribution >= 4 is 18.0 Å². The lowest BCUT2D eigenvalue weighted by Crippen LogP contribution is -2.10. The van der Waals surface area contributed by atoms with Crippen molar-refractivity contribution in [3.63, 3.8) is 0 Å². The van der Waals surface area contributed by atoms with Crippen LogP contribution in [-0.4, -0.2) is 33.0 Å². The number of fused-ring (bicyclic) bond motifs is 1. The summed E-state index contributed by atoms with van der Waals surface area (Å²) in [7, 11) is 2.52. The van der Waals surface area contributed by atoms with Gasteiger partial charge in [-0.1, -0.05) is 6.07 Å². The molecule has 1 aliphatic rings. The molecule has 0 saturated carbocycles. The minimum absolute atomic E-state index is 0.155. The van der Waals surface area contributed by atoms with Crippen LogP contribution in [0.4, 0.5) is 0 Å². The van der Waals surface area contributed by atoms with E-state index in [1.54, 1.807) is 24.3 Å². The minimum atomic E-state index is -0.576. The summed E-state index contributed by atoms with van der Waals surface area (Å²) in [4.78, 5) is 23.0. The quantitative estimate of drug-likeness (QED) is 0.614. The lowest BCUT2D eigenvalue weighted by Gasteiger charge is -2.05. The zero-order chi connectivity index (χ0) is 14.5. The highest BCUT2D eigenvalue weighted by atomic mass is 16.7. The van der Waals surface area contributed by atoms with E-state index in [0.29, 0.717) is 17.1 Å². The number of esters is 2. The van der Waals surface area contributed by atoms with Gasteiger partial charge in [-0.3, -0.25) is 4.79 Å².